The van der Waals surface area contributed by atoms with E-state index in [1.54, 1.807) is 18.3 Å². The minimum Gasteiger partial charge on any atom is -0.508 e. The Morgan fingerprint density at radius 2 is 2.18 bits per heavy atom. The molecule has 1 heterocycles. The van der Waals surface area contributed by atoms with Gasteiger partial charge in [-0.1, -0.05) is 12.1 Å². The molecule has 0 saturated heterocycles. The number of rotatable bonds is 4. The highest BCUT2D eigenvalue weighted by molar-refractivity contribution is 5.94. The SMILES string of the molecule is O=C(Nc1ccnn1C1CCC1)[C@@H]1C[C@H]1c1cccc(O)c1. The third-order valence-corrected chi connectivity index (χ3v) is 4.77. The Labute approximate surface area is 129 Å². The van der Waals surface area contributed by atoms with Crippen LogP contribution in [0, 0.1) is 5.92 Å². The molecule has 114 valence electrons. The molecule has 4 rings (SSSR count). The van der Waals surface area contributed by atoms with Crippen LogP contribution in [0.2, 0.25) is 0 Å². The van der Waals surface area contributed by atoms with Gasteiger partial charge in [-0.3, -0.25) is 4.79 Å². The van der Waals surface area contributed by atoms with Crippen molar-refractivity contribution in [3.8, 4) is 5.75 Å². The molecule has 2 N–H and O–H groups in total. The summed E-state index contributed by atoms with van der Waals surface area (Å²) in [5, 5.41) is 16.9. The van der Waals surface area contributed by atoms with Crippen LogP contribution in [0.5, 0.6) is 5.75 Å². The summed E-state index contributed by atoms with van der Waals surface area (Å²) in [6.45, 7) is 0. The van der Waals surface area contributed by atoms with Crippen molar-refractivity contribution in [2.24, 2.45) is 5.92 Å². The van der Waals surface area contributed by atoms with Crippen molar-refractivity contribution in [3.63, 3.8) is 0 Å². The first-order valence-electron chi connectivity index (χ1n) is 7.85. The molecule has 2 aliphatic carbocycles. The van der Waals surface area contributed by atoms with Crippen molar-refractivity contribution in [1.29, 1.82) is 0 Å². The zero-order valence-electron chi connectivity index (χ0n) is 12.3. The molecule has 1 aromatic heterocycles. The lowest BCUT2D eigenvalue weighted by Gasteiger charge is -2.27. The molecular weight excluding hydrogens is 278 g/mol. The summed E-state index contributed by atoms with van der Waals surface area (Å²) in [4.78, 5) is 12.4. The highest BCUT2D eigenvalue weighted by Gasteiger charge is 2.44. The number of aromatic nitrogens is 2. The minimum atomic E-state index is -0.00783. The third-order valence-electron chi connectivity index (χ3n) is 4.77. The van der Waals surface area contributed by atoms with Gasteiger partial charge in [-0.15, -0.1) is 0 Å². The smallest absolute Gasteiger partial charge is 0.229 e. The topological polar surface area (TPSA) is 67.2 Å². The van der Waals surface area contributed by atoms with Crippen molar-refractivity contribution in [3.05, 3.63) is 42.1 Å². The van der Waals surface area contributed by atoms with Crippen LogP contribution in [0.1, 0.15) is 43.2 Å². The predicted octanol–water partition coefficient (Wildman–Crippen LogP) is 3.06. The highest BCUT2D eigenvalue weighted by atomic mass is 16.3. The van der Waals surface area contributed by atoms with E-state index in [1.807, 2.05) is 22.9 Å². The lowest BCUT2D eigenvalue weighted by molar-refractivity contribution is -0.117. The Morgan fingerprint density at radius 1 is 1.32 bits per heavy atom. The number of carbonyl (C=O) groups excluding carboxylic acids is 1. The number of carbonyl (C=O) groups is 1. The van der Waals surface area contributed by atoms with E-state index in [2.05, 4.69) is 10.4 Å². The number of hydrogen-bond acceptors (Lipinski definition) is 3. The zero-order chi connectivity index (χ0) is 15.1. The van der Waals surface area contributed by atoms with Crippen molar-refractivity contribution in [1.82, 2.24) is 9.78 Å². The second-order valence-electron chi connectivity index (χ2n) is 6.28. The van der Waals surface area contributed by atoms with Crippen LogP contribution >= 0.6 is 0 Å². The minimum absolute atomic E-state index is 0.00783. The molecule has 0 bridgehead atoms. The average molecular weight is 297 g/mol. The van der Waals surface area contributed by atoms with E-state index in [4.69, 9.17) is 0 Å². The van der Waals surface area contributed by atoms with Gasteiger partial charge in [0.25, 0.3) is 0 Å². The van der Waals surface area contributed by atoms with Gasteiger partial charge >= 0.3 is 0 Å². The second kappa shape index (κ2) is 5.16. The van der Waals surface area contributed by atoms with E-state index in [0.717, 1.165) is 30.6 Å². The van der Waals surface area contributed by atoms with Gasteiger partial charge in [-0.25, -0.2) is 4.68 Å². The number of nitrogens with zero attached hydrogens (tertiary/aromatic N) is 2. The summed E-state index contributed by atoms with van der Waals surface area (Å²) >= 11 is 0. The largest absolute Gasteiger partial charge is 0.508 e. The molecule has 5 nitrogen and oxygen atoms in total. The van der Waals surface area contributed by atoms with E-state index < -0.39 is 0 Å². The van der Waals surface area contributed by atoms with Crippen LogP contribution in [0.25, 0.3) is 0 Å². The first kappa shape index (κ1) is 13.4. The van der Waals surface area contributed by atoms with E-state index in [0.29, 0.717) is 6.04 Å². The van der Waals surface area contributed by atoms with Crippen LogP contribution < -0.4 is 5.32 Å². The van der Waals surface area contributed by atoms with Crippen LogP contribution in [0.15, 0.2) is 36.5 Å². The molecule has 2 saturated carbocycles. The molecule has 2 atom stereocenters. The predicted molar refractivity (Wildman–Crippen MR) is 82.7 cm³/mol. The normalized spacial score (nSPS) is 23.8. The van der Waals surface area contributed by atoms with E-state index >= 15 is 0 Å². The van der Waals surface area contributed by atoms with E-state index in [-0.39, 0.29) is 23.5 Å². The number of anilines is 1. The number of hydrogen-bond donors (Lipinski definition) is 2. The van der Waals surface area contributed by atoms with Gasteiger partial charge in [-0.05, 0) is 49.3 Å². The Kier molecular flexibility index (Phi) is 3.13. The van der Waals surface area contributed by atoms with Crippen molar-refractivity contribution >= 4 is 11.7 Å². The molecule has 2 fully saturated rings. The van der Waals surface area contributed by atoms with Gasteiger partial charge in [0.1, 0.15) is 11.6 Å². The number of amides is 1. The number of nitrogens with one attached hydrogen (secondary N) is 1. The summed E-state index contributed by atoms with van der Waals surface area (Å²) in [6.07, 6.45) is 6.10. The lowest BCUT2D eigenvalue weighted by Crippen LogP contribution is -2.23. The lowest BCUT2D eigenvalue weighted by atomic mass is 9.93. The molecule has 1 amide bonds. The first-order valence-corrected chi connectivity index (χ1v) is 7.85. The molecule has 0 aliphatic heterocycles. The molecule has 22 heavy (non-hydrogen) atoms. The summed E-state index contributed by atoms with van der Waals surface area (Å²) in [6, 6.07) is 9.49. The number of phenols is 1. The third kappa shape index (κ3) is 2.36. The molecule has 0 spiro atoms. The molecule has 2 aromatic rings. The second-order valence-corrected chi connectivity index (χ2v) is 6.28. The Bertz CT molecular complexity index is 705. The molecular formula is C17H19N3O2. The number of benzene rings is 1. The Balaban J connectivity index is 1.43. The Morgan fingerprint density at radius 3 is 2.91 bits per heavy atom. The van der Waals surface area contributed by atoms with Gasteiger partial charge in [0.2, 0.25) is 5.91 Å². The molecule has 2 aliphatic rings. The number of aromatic hydroxyl groups is 1. The van der Waals surface area contributed by atoms with Crippen molar-refractivity contribution < 1.29 is 9.90 Å². The van der Waals surface area contributed by atoms with Crippen molar-refractivity contribution in [2.45, 2.75) is 37.6 Å². The van der Waals surface area contributed by atoms with Crippen LogP contribution in [0.3, 0.4) is 0 Å². The molecule has 1 aromatic carbocycles. The monoisotopic (exact) mass is 297 g/mol. The maximum absolute atomic E-state index is 12.4. The van der Waals surface area contributed by atoms with Gasteiger partial charge in [0, 0.05) is 12.0 Å². The average Bonchev–Trinajstić information content (AvgIpc) is 3.14. The zero-order valence-corrected chi connectivity index (χ0v) is 12.3. The van der Waals surface area contributed by atoms with E-state index in [1.165, 1.54) is 6.42 Å². The quantitative estimate of drug-likeness (QED) is 0.911. The molecule has 0 unspecified atom stereocenters. The molecule has 0 radical (unpaired) electrons. The fraction of sp³-hybridized carbons (Fsp3) is 0.412. The number of phenolic OH excluding ortho intramolecular Hbond substituents is 1. The molecule has 5 heteroatoms. The van der Waals surface area contributed by atoms with Gasteiger partial charge < -0.3 is 10.4 Å². The van der Waals surface area contributed by atoms with E-state index in [9.17, 15) is 9.90 Å². The standard InChI is InChI=1S/C17H19N3O2/c21-13-6-1-3-11(9-13)14-10-15(14)17(22)19-16-7-8-18-20(16)12-4-2-5-12/h1,3,6-9,12,14-15,21H,2,4-5,10H2,(H,19,22)/t14-,15+/m0/s1. The first-order chi connectivity index (χ1) is 10.7. The van der Waals surface area contributed by atoms with Crippen LogP contribution in [-0.4, -0.2) is 20.8 Å². The fourth-order valence-corrected chi connectivity index (χ4v) is 3.16. The summed E-state index contributed by atoms with van der Waals surface area (Å²) in [5.41, 5.74) is 1.03. The summed E-state index contributed by atoms with van der Waals surface area (Å²) < 4.78 is 1.94. The fourth-order valence-electron chi connectivity index (χ4n) is 3.16. The van der Waals surface area contributed by atoms with Crippen LogP contribution in [0.4, 0.5) is 5.82 Å². The Hall–Kier alpha value is -2.30. The maximum Gasteiger partial charge on any atom is 0.229 e. The summed E-state index contributed by atoms with van der Waals surface area (Å²) in [7, 11) is 0. The van der Waals surface area contributed by atoms with Gasteiger partial charge in [0.05, 0.1) is 12.2 Å². The van der Waals surface area contributed by atoms with Gasteiger partial charge in [0.15, 0.2) is 0 Å². The highest BCUT2D eigenvalue weighted by Crippen LogP contribution is 2.48. The maximum atomic E-state index is 12.4. The van der Waals surface area contributed by atoms with Crippen LogP contribution in [-0.2, 0) is 4.79 Å². The van der Waals surface area contributed by atoms with Crippen molar-refractivity contribution in [2.75, 3.05) is 5.32 Å². The van der Waals surface area contributed by atoms with Gasteiger partial charge in [-0.2, -0.15) is 5.10 Å². The summed E-state index contributed by atoms with van der Waals surface area (Å²) in [5.74, 6) is 1.32.